The van der Waals surface area contributed by atoms with Crippen LogP contribution in [0.4, 0.5) is 0 Å². The zero-order valence-corrected chi connectivity index (χ0v) is 9.35. The van der Waals surface area contributed by atoms with E-state index in [9.17, 15) is 9.59 Å². The van der Waals surface area contributed by atoms with Crippen molar-refractivity contribution >= 4 is 11.9 Å². The summed E-state index contributed by atoms with van der Waals surface area (Å²) in [5.74, 6) is -1.37. The Balaban J connectivity index is 2.49. The molecule has 17 heavy (non-hydrogen) atoms. The molecule has 0 aliphatic heterocycles. The summed E-state index contributed by atoms with van der Waals surface area (Å²) in [5.41, 5.74) is 5.93. The van der Waals surface area contributed by atoms with Crippen molar-refractivity contribution in [3.05, 3.63) is 18.2 Å². The number of aliphatic carboxylic acids is 1. The van der Waals surface area contributed by atoms with E-state index in [4.69, 9.17) is 10.8 Å². The Hall–Kier alpha value is -1.89. The van der Waals surface area contributed by atoms with Crippen LogP contribution in [0.25, 0.3) is 0 Å². The highest BCUT2D eigenvalue weighted by molar-refractivity contribution is 5.83. The van der Waals surface area contributed by atoms with Gasteiger partial charge < -0.3 is 21.1 Å². The minimum atomic E-state index is -1.07. The van der Waals surface area contributed by atoms with Crippen molar-refractivity contribution in [1.82, 2.24) is 15.3 Å². The summed E-state index contributed by atoms with van der Waals surface area (Å²) in [6, 6.07) is -0.944. The first-order chi connectivity index (χ1) is 8.13. The maximum atomic E-state index is 11.4. The fraction of sp³-hybridized carbons (Fsp3) is 0.500. The van der Waals surface area contributed by atoms with Crippen LogP contribution in [-0.4, -0.2) is 39.5 Å². The van der Waals surface area contributed by atoms with Gasteiger partial charge in [-0.3, -0.25) is 4.79 Å². The lowest BCUT2D eigenvalue weighted by Gasteiger charge is -2.13. The summed E-state index contributed by atoms with van der Waals surface area (Å²) in [4.78, 5) is 28.9. The van der Waals surface area contributed by atoms with Gasteiger partial charge in [0, 0.05) is 24.7 Å². The fourth-order valence-corrected chi connectivity index (χ4v) is 1.35. The average Bonchev–Trinajstić information content (AvgIpc) is 2.78. The van der Waals surface area contributed by atoms with Crippen LogP contribution in [0, 0.1) is 0 Å². The van der Waals surface area contributed by atoms with Gasteiger partial charge in [0.2, 0.25) is 5.91 Å². The number of carboxylic acids is 1. The standard InChI is InChI=1S/C10H16N4O3/c11-3-1-2-9(15)14-8(10(16)17)4-7-5-12-6-13-7/h5-6,8H,1-4,11H2,(H,12,13)(H,14,15)(H,16,17)/t8-/m1/s1. The summed E-state index contributed by atoms with van der Waals surface area (Å²) in [5, 5.41) is 11.4. The Labute approximate surface area is 98.4 Å². The second-order valence-electron chi connectivity index (χ2n) is 3.63. The average molecular weight is 240 g/mol. The topological polar surface area (TPSA) is 121 Å². The number of hydrogen-bond acceptors (Lipinski definition) is 4. The zero-order chi connectivity index (χ0) is 12.7. The van der Waals surface area contributed by atoms with Crippen LogP contribution in [0.1, 0.15) is 18.5 Å². The number of aromatic nitrogens is 2. The number of carboxylic acid groups (broad SMARTS) is 1. The van der Waals surface area contributed by atoms with Crippen LogP contribution in [0.15, 0.2) is 12.5 Å². The molecular weight excluding hydrogens is 224 g/mol. The van der Waals surface area contributed by atoms with Crippen molar-refractivity contribution in [2.45, 2.75) is 25.3 Å². The second-order valence-corrected chi connectivity index (χ2v) is 3.63. The molecule has 94 valence electrons. The summed E-state index contributed by atoms with van der Waals surface area (Å²) < 4.78 is 0. The first-order valence-electron chi connectivity index (χ1n) is 5.33. The van der Waals surface area contributed by atoms with Gasteiger partial charge in [0.1, 0.15) is 6.04 Å². The number of imidazole rings is 1. The highest BCUT2D eigenvalue weighted by Crippen LogP contribution is 1.99. The minimum absolute atomic E-state index is 0.184. The van der Waals surface area contributed by atoms with Crippen molar-refractivity contribution in [1.29, 1.82) is 0 Å². The van der Waals surface area contributed by atoms with Gasteiger partial charge in [0.05, 0.1) is 6.33 Å². The number of nitrogens with one attached hydrogen (secondary N) is 2. The van der Waals surface area contributed by atoms with Gasteiger partial charge in [-0.1, -0.05) is 0 Å². The third-order valence-corrected chi connectivity index (χ3v) is 2.22. The van der Waals surface area contributed by atoms with E-state index in [0.29, 0.717) is 18.7 Å². The summed E-state index contributed by atoms with van der Waals surface area (Å²) in [7, 11) is 0. The summed E-state index contributed by atoms with van der Waals surface area (Å²) >= 11 is 0. The number of carbonyl (C=O) groups excluding carboxylic acids is 1. The van der Waals surface area contributed by atoms with E-state index < -0.39 is 12.0 Å². The number of H-pyrrole nitrogens is 1. The van der Waals surface area contributed by atoms with Crippen molar-refractivity contribution in [3.63, 3.8) is 0 Å². The van der Waals surface area contributed by atoms with Crippen LogP contribution in [0.3, 0.4) is 0 Å². The molecule has 7 heteroatoms. The first kappa shape index (κ1) is 13.2. The Bertz CT molecular complexity index is 364. The quantitative estimate of drug-likeness (QED) is 0.500. The molecule has 0 saturated heterocycles. The van der Waals surface area contributed by atoms with Crippen LogP contribution in [0.5, 0.6) is 0 Å². The van der Waals surface area contributed by atoms with Crippen LogP contribution in [0.2, 0.25) is 0 Å². The molecule has 1 aromatic heterocycles. The Morgan fingerprint density at radius 1 is 1.59 bits per heavy atom. The molecule has 7 nitrogen and oxygen atoms in total. The largest absolute Gasteiger partial charge is 0.480 e. The van der Waals surface area contributed by atoms with E-state index in [0.717, 1.165) is 0 Å². The maximum Gasteiger partial charge on any atom is 0.326 e. The first-order valence-corrected chi connectivity index (χ1v) is 5.33. The van der Waals surface area contributed by atoms with E-state index in [1.165, 1.54) is 12.5 Å². The lowest BCUT2D eigenvalue weighted by Crippen LogP contribution is -2.42. The van der Waals surface area contributed by atoms with Gasteiger partial charge in [-0.05, 0) is 13.0 Å². The van der Waals surface area contributed by atoms with E-state index >= 15 is 0 Å². The Kier molecular flexibility index (Phi) is 5.15. The molecule has 0 aliphatic carbocycles. The van der Waals surface area contributed by atoms with Gasteiger partial charge in [-0.25, -0.2) is 9.78 Å². The van der Waals surface area contributed by atoms with Gasteiger partial charge in [-0.2, -0.15) is 0 Å². The van der Waals surface area contributed by atoms with Crippen molar-refractivity contribution in [2.75, 3.05) is 6.54 Å². The van der Waals surface area contributed by atoms with Crippen LogP contribution >= 0.6 is 0 Å². The zero-order valence-electron chi connectivity index (χ0n) is 9.35. The second kappa shape index (κ2) is 6.64. The molecule has 0 radical (unpaired) electrons. The minimum Gasteiger partial charge on any atom is -0.480 e. The molecule has 0 fully saturated rings. The van der Waals surface area contributed by atoms with Gasteiger partial charge in [-0.15, -0.1) is 0 Å². The monoisotopic (exact) mass is 240 g/mol. The maximum absolute atomic E-state index is 11.4. The van der Waals surface area contributed by atoms with Gasteiger partial charge >= 0.3 is 5.97 Å². The van der Waals surface area contributed by atoms with Crippen molar-refractivity contribution in [2.24, 2.45) is 5.73 Å². The predicted molar refractivity (Wildman–Crippen MR) is 60.1 cm³/mol. The summed E-state index contributed by atoms with van der Waals surface area (Å²) in [6.07, 6.45) is 3.96. The normalized spacial score (nSPS) is 12.1. The van der Waals surface area contributed by atoms with E-state index in [1.807, 2.05) is 0 Å². The van der Waals surface area contributed by atoms with E-state index in [2.05, 4.69) is 15.3 Å². The van der Waals surface area contributed by atoms with E-state index in [-0.39, 0.29) is 18.7 Å². The number of nitrogens with zero attached hydrogens (tertiary/aromatic N) is 1. The molecule has 1 heterocycles. The third-order valence-electron chi connectivity index (χ3n) is 2.22. The van der Waals surface area contributed by atoms with Crippen molar-refractivity contribution in [3.8, 4) is 0 Å². The third kappa shape index (κ3) is 4.64. The number of amides is 1. The molecule has 1 amide bonds. The number of aromatic amines is 1. The molecule has 1 aromatic rings. The molecule has 0 aliphatic rings. The molecule has 0 bridgehead atoms. The van der Waals surface area contributed by atoms with Crippen LogP contribution in [-0.2, 0) is 16.0 Å². The molecule has 0 aromatic carbocycles. The smallest absolute Gasteiger partial charge is 0.326 e. The number of nitrogens with two attached hydrogens (primary N) is 1. The van der Waals surface area contributed by atoms with Gasteiger partial charge in [0.25, 0.3) is 0 Å². The lowest BCUT2D eigenvalue weighted by molar-refractivity contribution is -0.141. The molecule has 1 atom stereocenters. The van der Waals surface area contributed by atoms with Crippen molar-refractivity contribution < 1.29 is 14.7 Å². The highest BCUT2D eigenvalue weighted by Gasteiger charge is 2.20. The predicted octanol–water partition coefficient (Wildman–Crippen LogP) is -0.739. The number of rotatable bonds is 7. The molecule has 0 saturated carbocycles. The Morgan fingerprint density at radius 3 is 2.88 bits per heavy atom. The molecule has 5 N–H and O–H groups in total. The Morgan fingerprint density at radius 2 is 2.35 bits per heavy atom. The fourth-order valence-electron chi connectivity index (χ4n) is 1.35. The SMILES string of the molecule is NCCCC(=O)N[C@H](Cc1cnc[nH]1)C(=O)O. The number of carbonyl (C=O) groups is 2. The van der Waals surface area contributed by atoms with E-state index in [1.54, 1.807) is 0 Å². The molecular formula is C10H16N4O3. The molecule has 1 rings (SSSR count). The van der Waals surface area contributed by atoms with Gasteiger partial charge in [0.15, 0.2) is 0 Å². The highest BCUT2D eigenvalue weighted by atomic mass is 16.4. The number of hydrogen-bond donors (Lipinski definition) is 4. The summed E-state index contributed by atoms with van der Waals surface area (Å²) in [6.45, 7) is 0.408. The van der Waals surface area contributed by atoms with Crippen LogP contribution < -0.4 is 11.1 Å². The lowest BCUT2D eigenvalue weighted by atomic mass is 10.1. The molecule has 0 unspecified atom stereocenters. The molecule has 0 spiro atoms.